The van der Waals surface area contributed by atoms with E-state index in [9.17, 15) is 4.79 Å². The van der Waals surface area contributed by atoms with Gasteiger partial charge in [-0.25, -0.2) is 19.7 Å². The highest BCUT2D eigenvalue weighted by atomic mass is 32.1. The Morgan fingerprint density at radius 3 is 2.83 bits per heavy atom. The molecule has 0 spiro atoms. The van der Waals surface area contributed by atoms with E-state index < -0.39 is 0 Å². The summed E-state index contributed by atoms with van der Waals surface area (Å²) in [5, 5.41) is 5.87. The summed E-state index contributed by atoms with van der Waals surface area (Å²) in [7, 11) is 1.36. The average Bonchev–Trinajstić information content (AvgIpc) is 3.11. The maximum absolute atomic E-state index is 11.8. The molecule has 116 valence electrons. The van der Waals surface area contributed by atoms with Crippen molar-refractivity contribution in [3.05, 3.63) is 53.2 Å². The van der Waals surface area contributed by atoms with Gasteiger partial charge in [-0.15, -0.1) is 11.3 Å². The van der Waals surface area contributed by atoms with Crippen molar-refractivity contribution in [1.82, 2.24) is 15.0 Å². The number of aromatic nitrogens is 3. The minimum Gasteiger partial charge on any atom is -0.465 e. The van der Waals surface area contributed by atoms with Gasteiger partial charge in [-0.05, 0) is 30.7 Å². The van der Waals surface area contributed by atoms with Crippen LogP contribution in [0.15, 0.2) is 42.0 Å². The lowest BCUT2D eigenvalue weighted by atomic mass is 10.1. The molecule has 0 radical (unpaired) electrons. The molecule has 0 bridgehead atoms. The molecular formula is C16H14N4O2S. The number of nitrogens with zero attached hydrogens (tertiary/aromatic N) is 3. The molecule has 0 aliphatic rings. The van der Waals surface area contributed by atoms with Gasteiger partial charge in [0.25, 0.3) is 0 Å². The lowest BCUT2D eigenvalue weighted by Crippen LogP contribution is -2.06. The lowest BCUT2D eigenvalue weighted by Gasteiger charge is -2.11. The second-order valence-electron chi connectivity index (χ2n) is 4.70. The number of esters is 1. The number of hydrogen-bond acceptors (Lipinski definition) is 7. The van der Waals surface area contributed by atoms with Gasteiger partial charge in [0.1, 0.15) is 10.7 Å². The first kappa shape index (κ1) is 15.1. The van der Waals surface area contributed by atoms with Crippen molar-refractivity contribution >= 4 is 28.9 Å². The average molecular weight is 326 g/mol. The van der Waals surface area contributed by atoms with Crippen molar-refractivity contribution in [2.75, 3.05) is 12.4 Å². The fourth-order valence-corrected chi connectivity index (χ4v) is 2.72. The molecule has 2 aromatic heterocycles. The Hall–Kier alpha value is -2.80. The van der Waals surface area contributed by atoms with E-state index in [-0.39, 0.29) is 5.97 Å². The quantitative estimate of drug-likeness (QED) is 0.740. The van der Waals surface area contributed by atoms with Gasteiger partial charge >= 0.3 is 5.97 Å². The summed E-state index contributed by atoms with van der Waals surface area (Å²) in [6.45, 7) is 1.85. The topological polar surface area (TPSA) is 77.0 Å². The van der Waals surface area contributed by atoms with Crippen molar-refractivity contribution in [3.63, 3.8) is 0 Å². The number of anilines is 2. The summed E-state index contributed by atoms with van der Waals surface area (Å²) in [4.78, 5) is 24.7. The monoisotopic (exact) mass is 326 g/mol. The number of carbonyl (C=O) groups excluding carboxylic acids is 1. The molecule has 0 amide bonds. The highest BCUT2D eigenvalue weighted by Crippen LogP contribution is 2.24. The first-order valence-electron chi connectivity index (χ1n) is 6.87. The fraction of sp³-hybridized carbons (Fsp3) is 0.125. The van der Waals surface area contributed by atoms with Crippen LogP contribution in [0.5, 0.6) is 0 Å². The van der Waals surface area contributed by atoms with E-state index in [1.807, 2.05) is 24.4 Å². The molecule has 0 saturated heterocycles. The van der Waals surface area contributed by atoms with Crippen molar-refractivity contribution in [2.24, 2.45) is 0 Å². The van der Waals surface area contributed by atoms with E-state index in [4.69, 9.17) is 4.74 Å². The first-order chi connectivity index (χ1) is 11.2. The molecular weight excluding hydrogens is 312 g/mol. The highest BCUT2D eigenvalue weighted by molar-refractivity contribution is 7.13. The van der Waals surface area contributed by atoms with Crippen LogP contribution in [0, 0.1) is 6.92 Å². The van der Waals surface area contributed by atoms with E-state index >= 15 is 0 Å². The predicted molar refractivity (Wildman–Crippen MR) is 88.9 cm³/mol. The molecule has 3 rings (SSSR count). The Labute approximate surface area is 137 Å². The molecule has 1 N–H and O–H groups in total. The number of nitrogens with one attached hydrogen (secondary N) is 1. The van der Waals surface area contributed by atoms with Crippen LogP contribution < -0.4 is 5.32 Å². The number of thiazole rings is 1. The summed E-state index contributed by atoms with van der Waals surface area (Å²) in [5.41, 5.74) is 2.79. The Kier molecular flexibility index (Phi) is 4.29. The van der Waals surface area contributed by atoms with E-state index in [0.29, 0.717) is 11.5 Å². The van der Waals surface area contributed by atoms with Gasteiger partial charge in [0, 0.05) is 23.5 Å². The second kappa shape index (κ2) is 6.53. The Morgan fingerprint density at radius 2 is 2.09 bits per heavy atom. The van der Waals surface area contributed by atoms with Gasteiger partial charge in [0.15, 0.2) is 0 Å². The Balaban J connectivity index is 1.91. The lowest BCUT2D eigenvalue weighted by molar-refractivity contribution is 0.0600. The van der Waals surface area contributed by atoms with Gasteiger partial charge in [0.05, 0.1) is 12.7 Å². The number of carbonyl (C=O) groups is 1. The van der Waals surface area contributed by atoms with Gasteiger partial charge < -0.3 is 10.1 Å². The van der Waals surface area contributed by atoms with Crippen LogP contribution in [0.1, 0.15) is 15.9 Å². The van der Waals surface area contributed by atoms with E-state index in [1.165, 1.54) is 18.4 Å². The SMILES string of the molecule is COC(=O)c1cccc(Nc2nccc(-c3nccs3)n2)c1C. The van der Waals surface area contributed by atoms with Crippen LogP contribution in [0.25, 0.3) is 10.7 Å². The summed E-state index contributed by atoms with van der Waals surface area (Å²) in [5.74, 6) is 0.0754. The number of rotatable bonds is 4. The van der Waals surface area contributed by atoms with E-state index in [1.54, 1.807) is 24.5 Å². The second-order valence-corrected chi connectivity index (χ2v) is 5.59. The zero-order valence-electron chi connectivity index (χ0n) is 12.6. The summed E-state index contributed by atoms with van der Waals surface area (Å²) < 4.78 is 4.79. The minimum atomic E-state index is -0.372. The number of methoxy groups -OCH3 is 1. The number of benzene rings is 1. The van der Waals surface area contributed by atoms with Gasteiger partial charge in [0.2, 0.25) is 5.95 Å². The summed E-state index contributed by atoms with van der Waals surface area (Å²) >= 11 is 1.51. The van der Waals surface area contributed by atoms with Gasteiger partial charge in [-0.1, -0.05) is 6.07 Å². The molecule has 23 heavy (non-hydrogen) atoms. The normalized spacial score (nSPS) is 10.3. The molecule has 2 heterocycles. The van der Waals surface area contributed by atoms with Crippen molar-refractivity contribution in [3.8, 4) is 10.7 Å². The highest BCUT2D eigenvalue weighted by Gasteiger charge is 2.13. The maximum Gasteiger partial charge on any atom is 0.338 e. The smallest absolute Gasteiger partial charge is 0.338 e. The van der Waals surface area contributed by atoms with Crippen molar-refractivity contribution in [2.45, 2.75) is 6.92 Å². The first-order valence-corrected chi connectivity index (χ1v) is 7.75. The van der Waals surface area contributed by atoms with Crippen molar-refractivity contribution < 1.29 is 9.53 Å². The molecule has 3 aromatic rings. The van der Waals surface area contributed by atoms with Gasteiger partial charge in [-0.3, -0.25) is 0 Å². The van der Waals surface area contributed by atoms with E-state index in [0.717, 1.165) is 22.0 Å². The Morgan fingerprint density at radius 1 is 1.22 bits per heavy atom. The number of ether oxygens (including phenoxy) is 1. The summed E-state index contributed by atoms with van der Waals surface area (Å²) in [6.07, 6.45) is 3.41. The maximum atomic E-state index is 11.8. The molecule has 0 unspecified atom stereocenters. The molecule has 1 aromatic carbocycles. The number of hydrogen-bond donors (Lipinski definition) is 1. The standard InChI is InChI=1S/C16H14N4O2S/c1-10-11(15(21)22-2)4-3-5-12(10)19-16-18-7-6-13(20-16)14-17-8-9-23-14/h3-9H,1-2H3,(H,18,19,20). The van der Waals surface area contributed by atoms with Crippen LogP contribution in [0.3, 0.4) is 0 Å². The van der Waals surface area contributed by atoms with Crippen LogP contribution in [0.4, 0.5) is 11.6 Å². The van der Waals surface area contributed by atoms with E-state index in [2.05, 4.69) is 20.3 Å². The Bertz CT molecular complexity index is 834. The van der Waals surface area contributed by atoms with Crippen LogP contribution in [-0.4, -0.2) is 28.0 Å². The third-order valence-electron chi connectivity index (χ3n) is 3.29. The molecule has 0 fully saturated rings. The molecule has 0 aliphatic heterocycles. The van der Waals surface area contributed by atoms with Crippen LogP contribution in [0.2, 0.25) is 0 Å². The van der Waals surface area contributed by atoms with Crippen molar-refractivity contribution in [1.29, 1.82) is 0 Å². The molecule has 7 heteroatoms. The largest absolute Gasteiger partial charge is 0.465 e. The molecule has 0 atom stereocenters. The zero-order valence-corrected chi connectivity index (χ0v) is 13.4. The molecule has 6 nitrogen and oxygen atoms in total. The van der Waals surface area contributed by atoms with Crippen LogP contribution in [-0.2, 0) is 4.74 Å². The molecule has 0 saturated carbocycles. The zero-order chi connectivity index (χ0) is 16.2. The van der Waals surface area contributed by atoms with Gasteiger partial charge in [-0.2, -0.15) is 0 Å². The fourth-order valence-electron chi connectivity index (χ4n) is 2.11. The third-order valence-corrected chi connectivity index (χ3v) is 4.09. The minimum absolute atomic E-state index is 0.372. The molecule has 0 aliphatic carbocycles. The predicted octanol–water partition coefficient (Wildman–Crippen LogP) is 3.44. The van der Waals surface area contributed by atoms with Crippen LogP contribution >= 0.6 is 11.3 Å². The third kappa shape index (κ3) is 3.19. The summed E-state index contributed by atoms with van der Waals surface area (Å²) in [6, 6.07) is 7.17.